The van der Waals surface area contributed by atoms with E-state index < -0.39 is 5.60 Å². The number of rotatable bonds is 4. The third-order valence-corrected chi connectivity index (χ3v) is 4.17. The number of carbonyl (C=O) groups excluding carboxylic acids is 2. The molecule has 1 atom stereocenters. The van der Waals surface area contributed by atoms with Crippen LogP contribution in [0.15, 0.2) is 6.07 Å². The van der Waals surface area contributed by atoms with Gasteiger partial charge < -0.3 is 15.3 Å². The van der Waals surface area contributed by atoms with E-state index in [0.29, 0.717) is 31.8 Å². The summed E-state index contributed by atoms with van der Waals surface area (Å²) in [4.78, 5) is 23.4. The molecule has 0 aromatic carbocycles. The molecule has 1 saturated heterocycles. The van der Waals surface area contributed by atoms with Crippen LogP contribution in [0.4, 0.5) is 0 Å². The number of amides is 2. The lowest BCUT2D eigenvalue weighted by Crippen LogP contribution is -2.43. The first kappa shape index (κ1) is 17.5. The second-order valence-corrected chi connectivity index (χ2v) is 6.72. The summed E-state index contributed by atoms with van der Waals surface area (Å²) < 4.78 is 0. The van der Waals surface area contributed by atoms with Crippen molar-refractivity contribution in [2.24, 2.45) is 0 Å². The molecule has 3 rings (SSSR count). The molecule has 1 aromatic rings. The van der Waals surface area contributed by atoms with E-state index in [2.05, 4.69) is 35.4 Å². The monoisotopic (exact) mass is 322 g/mol. The Kier molecular flexibility index (Phi) is 5.41. The van der Waals surface area contributed by atoms with E-state index in [1.807, 2.05) is 6.92 Å². The van der Waals surface area contributed by atoms with Crippen LogP contribution in [-0.4, -0.2) is 57.3 Å². The zero-order chi connectivity index (χ0) is 17.0. The Bertz CT molecular complexity index is 551. The van der Waals surface area contributed by atoms with Gasteiger partial charge in [-0.15, -0.1) is 0 Å². The first-order valence-corrected chi connectivity index (χ1v) is 8.08. The van der Waals surface area contributed by atoms with Gasteiger partial charge in [-0.25, -0.2) is 0 Å². The van der Waals surface area contributed by atoms with Crippen molar-refractivity contribution in [2.45, 2.75) is 57.6 Å². The number of aliphatic hydroxyl groups is 1. The van der Waals surface area contributed by atoms with Crippen molar-refractivity contribution in [1.82, 2.24) is 20.4 Å². The van der Waals surface area contributed by atoms with Crippen LogP contribution in [0.3, 0.4) is 0 Å². The minimum Gasteiger partial charge on any atom is -0.380 e. The van der Waals surface area contributed by atoms with Crippen molar-refractivity contribution in [3.63, 3.8) is 0 Å². The molecule has 1 aromatic heterocycles. The van der Waals surface area contributed by atoms with Crippen molar-refractivity contribution in [3.8, 4) is 0 Å². The molecule has 128 valence electrons. The molecule has 7 heteroatoms. The van der Waals surface area contributed by atoms with Crippen LogP contribution in [0, 0.1) is 6.92 Å². The fourth-order valence-corrected chi connectivity index (χ4v) is 2.40. The molecule has 1 saturated carbocycles. The highest BCUT2D eigenvalue weighted by Gasteiger charge is 2.48. The molecule has 2 amide bonds. The molecule has 0 bridgehead atoms. The molecule has 2 aliphatic rings. The molecule has 0 radical (unpaired) electrons. The first-order chi connectivity index (χ1) is 10.8. The molecular formula is C16H26N4O3. The largest absolute Gasteiger partial charge is 0.380 e. The molecule has 1 unspecified atom stereocenters. The van der Waals surface area contributed by atoms with E-state index in [4.69, 9.17) is 0 Å². The summed E-state index contributed by atoms with van der Waals surface area (Å²) in [5.41, 5.74) is 1.18. The Hall–Kier alpha value is -1.89. The number of nitrogens with one attached hydrogen (secondary N) is 2. The highest BCUT2D eigenvalue weighted by Crippen LogP contribution is 2.35. The SMILES string of the molecule is Cc1cc(C(C)C)n[nH]1.O=CN1CCC(NC(=O)C2(O)CC2)C1. The van der Waals surface area contributed by atoms with Gasteiger partial charge in [0.15, 0.2) is 0 Å². The molecule has 2 heterocycles. The average molecular weight is 322 g/mol. The summed E-state index contributed by atoms with van der Waals surface area (Å²) in [7, 11) is 0. The second kappa shape index (κ2) is 7.12. The maximum atomic E-state index is 11.4. The minimum absolute atomic E-state index is 0.0114. The van der Waals surface area contributed by atoms with Crippen LogP contribution in [0.2, 0.25) is 0 Å². The number of carbonyl (C=O) groups is 2. The van der Waals surface area contributed by atoms with Gasteiger partial charge in [-0.3, -0.25) is 14.7 Å². The van der Waals surface area contributed by atoms with Crippen molar-refractivity contribution < 1.29 is 14.7 Å². The molecule has 3 N–H and O–H groups in total. The minimum atomic E-state index is -1.10. The third kappa shape index (κ3) is 4.79. The van der Waals surface area contributed by atoms with Gasteiger partial charge in [0, 0.05) is 24.8 Å². The topological polar surface area (TPSA) is 98.3 Å². The fraction of sp³-hybridized carbons (Fsp3) is 0.688. The zero-order valence-electron chi connectivity index (χ0n) is 14.0. The first-order valence-electron chi connectivity index (χ1n) is 8.08. The highest BCUT2D eigenvalue weighted by molar-refractivity contribution is 5.88. The zero-order valence-corrected chi connectivity index (χ0v) is 14.0. The van der Waals surface area contributed by atoms with E-state index in [1.165, 1.54) is 0 Å². The molecule has 1 aliphatic carbocycles. The highest BCUT2D eigenvalue weighted by atomic mass is 16.3. The standard InChI is InChI=1S/C9H14N2O3.C7H12N2/c12-6-11-4-1-7(5-11)10-8(13)9(14)2-3-9;1-5(2)7-4-6(3)8-9-7/h6-7,14H,1-5H2,(H,10,13);4-5H,1-3H3,(H,8,9). The van der Waals surface area contributed by atoms with E-state index >= 15 is 0 Å². The second-order valence-electron chi connectivity index (χ2n) is 6.72. The van der Waals surface area contributed by atoms with Crippen LogP contribution in [0.1, 0.15) is 50.4 Å². The predicted octanol–water partition coefficient (Wildman–Crippen LogP) is 0.700. The lowest BCUT2D eigenvalue weighted by atomic mass is 10.1. The summed E-state index contributed by atoms with van der Waals surface area (Å²) >= 11 is 0. The Morgan fingerprint density at radius 3 is 2.65 bits per heavy atom. The Balaban J connectivity index is 0.000000185. The summed E-state index contributed by atoms with van der Waals surface area (Å²) in [5.74, 6) is 0.255. The van der Waals surface area contributed by atoms with Crippen molar-refractivity contribution in [1.29, 1.82) is 0 Å². The van der Waals surface area contributed by atoms with E-state index in [-0.39, 0.29) is 11.9 Å². The number of hydrogen-bond donors (Lipinski definition) is 3. The van der Waals surface area contributed by atoms with E-state index in [9.17, 15) is 14.7 Å². The van der Waals surface area contributed by atoms with Gasteiger partial charge >= 0.3 is 0 Å². The van der Waals surface area contributed by atoms with Crippen LogP contribution in [0.25, 0.3) is 0 Å². The number of hydrogen-bond acceptors (Lipinski definition) is 4. The van der Waals surface area contributed by atoms with Gasteiger partial charge in [-0.2, -0.15) is 5.10 Å². The Morgan fingerprint density at radius 2 is 2.26 bits per heavy atom. The van der Waals surface area contributed by atoms with Gasteiger partial charge in [-0.1, -0.05) is 13.8 Å². The van der Waals surface area contributed by atoms with Gasteiger partial charge in [-0.05, 0) is 38.2 Å². The summed E-state index contributed by atoms with van der Waals surface area (Å²) in [5, 5.41) is 19.2. The quantitative estimate of drug-likeness (QED) is 0.711. The van der Waals surface area contributed by atoms with E-state index in [1.54, 1.807) is 4.90 Å². The average Bonchev–Trinajstić information content (AvgIpc) is 2.91. The predicted molar refractivity (Wildman–Crippen MR) is 85.8 cm³/mol. The normalized spacial score (nSPS) is 21.6. The third-order valence-electron chi connectivity index (χ3n) is 4.17. The molecule has 7 nitrogen and oxygen atoms in total. The summed E-state index contributed by atoms with van der Waals surface area (Å²) in [6.07, 6.45) is 2.68. The maximum absolute atomic E-state index is 11.4. The summed E-state index contributed by atoms with van der Waals surface area (Å²) in [6, 6.07) is 2.09. The number of aromatic nitrogens is 2. The number of nitrogens with zero attached hydrogens (tertiary/aromatic N) is 2. The number of likely N-dealkylation sites (tertiary alicyclic amines) is 1. The number of aromatic amines is 1. The van der Waals surface area contributed by atoms with Crippen molar-refractivity contribution >= 4 is 12.3 Å². The molecule has 1 aliphatic heterocycles. The molecule has 0 spiro atoms. The van der Waals surface area contributed by atoms with E-state index in [0.717, 1.165) is 24.2 Å². The van der Waals surface area contributed by atoms with Crippen molar-refractivity contribution in [2.75, 3.05) is 13.1 Å². The Morgan fingerprint density at radius 1 is 1.57 bits per heavy atom. The Labute approximate surface area is 136 Å². The van der Waals surface area contributed by atoms with Crippen LogP contribution >= 0.6 is 0 Å². The number of aryl methyl sites for hydroxylation is 1. The van der Waals surface area contributed by atoms with Crippen LogP contribution in [0.5, 0.6) is 0 Å². The number of H-pyrrole nitrogens is 1. The maximum Gasteiger partial charge on any atom is 0.252 e. The summed E-state index contributed by atoms with van der Waals surface area (Å²) in [6.45, 7) is 7.53. The molecule has 2 fully saturated rings. The van der Waals surface area contributed by atoms with Crippen molar-refractivity contribution in [3.05, 3.63) is 17.5 Å². The van der Waals surface area contributed by atoms with Gasteiger partial charge in [0.25, 0.3) is 5.91 Å². The molecule has 23 heavy (non-hydrogen) atoms. The molecular weight excluding hydrogens is 296 g/mol. The van der Waals surface area contributed by atoms with Gasteiger partial charge in [0.05, 0.1) is 5.69 Å². The van der Waals surface area contributed by atoms with Gasteiger partial charge in [0.1, 0.15) is 5.60 Å². The lowest BCUT2D eigenvalue weighted by Gasteiger charge is -2.15. The smallest absolute Gasteiger partial charge is 0.252 e. The van der Waals surface area contributed by atoms with Crippen LogP contribution < -0.4 is 5.32 Å². The lowest BCUT2D eigenvalue weighted by molar-refractivity contribution is -0.132. The fourth-order valence-electron chi connectivity index (χ4n) is 2.40. The van der Waals surface area contributed by atoms with Crippen LogP contribution in [-0.2, 0) is 9.59 Å². The van der Waals surface area contributed by atoms with Gasteiger partial charge in [0.2, 0.25) is 6.41 Å².